The van der Waals surface area contributed by atoms with Crippen molar-refractivity contribution in [2.24, 2.45) is 0 Å². The zero-order valence-electron chi connectivity index (χ0n) is 62.7. The summed E-state index contributed by atoms with van der Waals surface area (Å²) in [7, 11) is 0. The molecule has 0 atom stereocenters. The van der Waals surface area contributed by atoms with E-state index in [1.54, 1.807) is 84.9 Å². The zero-order chi connectivity index (χ0) is 76.7. The van der Waals surface area contributed by atoms with E-state index >= 15 is 0 Å². The fraction of sp³-hybridized carbons (Fsp3) is 0.143. The SMILES string of the molecule is Oc1c2cc(OCc3ccccc3)cc1Cc1cc(OCc3ccccc3)cc(c1O)Cc1cc(OCc3ccccc3)cc(c1O)Cc1cc(OCc3ccccc3)cc(c1O)Cc1cc(OCc3ccccc3)cc(c1O)Cc1cc(OCc3ccccc3)cc(c1O)Cc1cc(OCc3ccccc3)cc(c1O)C2.[Cs+]. The molecular formula is C98H84CsO14+. The van der Waals surface area contributed by atoms with Crippen LogP contribution in [-0.4, -0.2) is 35.7 Å². The standard InChI is InChI=1S/C98H84O14.Cs/c99-92-71-36-73-45-86(107-58-65-24-10-2-11-25-65)47-75(93(73)100)38-77-49-88(109-60-67-28-14-4-15-29-67)51-79(95(77)102)40-81-53-90(111-62-69-32-18-6-19-33-69)55-83(97(81)104)42-84-56-91(112-63-70-34-20-7-21-35-70)54-82(98(84)105)41-80-52-89(110-61-68-30-16-5-17-31-68)50-78(96(80)103)39-76-48-87(108-59-66-26-12-3-13-27-66)46-74(94(76)101)37-72(92)44-85(43-71)106-57-64-22-8-1-9-23-64;/h1-35,43-56,99-105H,36-42,57-63H2;/q;+1. The molecule has 560 valence electrons. The minimum Gasteiger partial charge on any atom is -0.507 e. The Balaban J connectivity index is 0.0000106. The fourth-order valence-electron chi connectivity index (χ4n) is 14.2. The minimum absolute atomic E-state index is 0. The molecule has 0 heterocycles. The van der Waals surface area contributed by atoms with Gasteiger partial charge in [-0.25, -0.2) is 0 Å². The van der Waals surface area contributed by atoms with Crippen LogP contribution in [0, 0.1) is 0 Å². The maximum Gasteiger partial charge on any atom is 1.00 e. The molecule has 0 unspecified atom stereocenters. The fourth-order valence-corrected chi connectivity index (χ4v) is 14.2. The second-order valence-electron chi connectivity index (χ2n) is 28.3. The molecule has 14 aromatic carbocycles. The Bertz CT molecular complexity index is 4440. The van der Waals surface area contributed by atoms with Gasteiger partial charge in [-0.3, -0.25) is 0 Å². The molecule has 15 rings (SSSR count). The van der Waals surface area contributed by atoms with Crippen molar-refractivity contribution >= 4 is 0 Å². The average Bonchev–Trinajstić information content (AvgIpc) is 0.793. The summed E-state index contributed by atoms with van der Waals surface area (Å²) in [5.41, 5.74) is 11.5. The Hall–Kier alpha value is -11.7. The van der Waals surface area contributed by atoms with Crippen LogP contribution < -0.4 is 102 Å². The number of hydrogen-bond acceptors (Lipinski definition) is 14. The summed E-state index contributed by atoms with van der Waals surface area (Å²) >= 11 is 0. The van der Waals surface area contributed by atoms with E-state index in [4.69, 9.17) is 33.2 Å². The van der Waals surface area contributed by atoms with Crippen LogP contribution in [0.25, 0.3) is 0 Å². The van der Waals surface area contributed by atoms with Crippen LogP contribution in [0.5, 0.6) is 80.5 Å². The molecule has 0 aliphatic heterocycles. The number of phenolic OH excluding ortho intramolecular Hbond substituents is 7. The summed E-state index contributed by atoms with van der Waals surface area (Å²) in [6.45, 7) is 1.18. The second kappa shape index (κ2) is 37.1. The summed E-state index contributed by atoms with van der Waals surface area (Å²) in [6, 6.07) is 92.4. The van der Waals surface area contributed by atoms with Crippen LogP contribution in [0.3, 0.4) is 0 Å². The van der Waals surface area contributed by atoms with E-state index in [0.29, 0.717) is 118 Å². The molecular weight excluding hydrogens is 1530 g/mol. The van der Waals surface area contributed by atoms with E-state index in [1.807, 2.05) is 212 Å². The number of phenols is 7. The van der Waals surface area contributed by atoms with Gasteiger partial charge in [0.05, 0.1) is 0 Å². The molecule has 0 saturated carbocycles. The Morgan fingerprint density at radius 3 is 0.354 bits per heavy atom. The van der Waals surface area contributed by atoms with Gasteiger partial charge >= 0.3 is 68.9 Å². The van der Waals surface area contributed by atoms with Gasteiger partial charge in [-0.15, -0.1) is 0 Å². The molecule has 0 saturated heterocycles. The minimum atomic E-state index is -0.133. The third kappa shape index (κ3) is 20.2. The average molecular weight is 1620 g/mol. The van der Waals surface area contributed by atoms with E-state index in [0.717, 1.165) is 38.9 Å². The molecule has 14 bridgehead atoms. The molecule has 0 fully saturated rings. The molecule has 15 heteroatoms. The second-order valence-corrected chi connectivity index (χ2v) is 28.3. The summed E-state index contributed by atoms with van der Waals surface area (Å²) < 4.78 is 46.4. The molecule has 1 aliphatic carbocycles. The van der Waals surface area contributed by atoms with Crippen molar-refractivity contribution in [2.75, 3.05) is 0 Å². The summed E-state index contributed by atoms with van der Waals surface area (Å²) in [5.74, 6) is 1.83. The molecule has 0 aromatic heterocycles. The Morgan fingerprint density at radius 1 is 0.159 bits per heavy atom. The molecule has 14 aromatic rings. The van der Waals surface area contributed by atoms with Crippen LogP contribution in [0.15, 0.2) is 297 Å². The van der Waals surface area contributed by atoms with Gasteiger partial charge in [-0.2, -0.15) is 0 Å². The summed E-state index contributed by atoms with van der Waals surface area (Å²) in [6.07, 6.45) is -0.419. The summed E-state index contributed by atoms with van der Waals surface area (Å²) in [4.78, 5) is 0. The van der Waals surface area contributed by atoms with E-state index in [2.05, 4.69) is 0 Å². The van der Waals surface area contributed by atoms with E-state index in [1.165, 1.54) is 0 Å². The number of rotatable bonds is 21. The smallest absolute Gasteiger partial charge is 0.507 e. The van der Waals surface area contributed by atoms with E-state index in [-0.39, 0.29) is 200 Å². The van der Waals surface area contributed by atoms with Gasteiger partial charge in [-0.05, 0) is 124 Å². The van der Waals surface area contributed by atoms with Crippen molar-refractivity contribution in [1.82, 2.24) is 0 Å². The van der Waals surface area contributed by atoms with Crippen molar-refractivity contribution in [3.8, 4) is 80.5 Å². The molecule has 1 aliphatic rings. The molecule has 0 radical (unpaired) electrons. The zero-order valence-corrected chi connectivity index (χ0v) is 69.0. The van der Waals surface area contributed by atoms with Crippen molar-refractivity contribution in [1.29, 1.82) is 0 Å². The van der Waals surface area contributed by atoms with Gasteiger partial charge in [0.1, 0.15) is 127 Å². The molecule has 0 spiro atoms. The predicted octanol–water partition coefficient (Wildman–Crippen LogP) is 17.1. The Kier molecular flexibility index (Phi) is 25.6. The van der Waals surface area contributed by atoms with Crippen LogP contribution in [0.2, 0.25) is 0 Å². The number of hydrogen-bond donors (Lipinski definition) is 7. The first kappa shape index (κ1) is 78.0. The first-order chi connectivity index (χ1) is 54.8. The van der Waals surface area contributed by atoms with Gasteiger partial charge in [0.15, 0.2) is 0 Å². The quantitative estimate of drug-likeness (QED) is 0.0358. The third-order valence-corrected chi connectivity index (χ3v) is 20.1. The first-order valence-corrected chi connectivity index (χ1v) is 37.4. The predicted molar refractivity (Wildman–Crippen MR) is 432 cm³/mol. The van der Waals surface area contributed by atoms with Crippen molar-refractivity contribution < 1.29 is 138 Å². The third-order valence-electron chi connectivity index (χ3n) is 20.1. The Morgan fingerprint density at radius 2 is 0.257 bits per heavy atom. The first-order valence-electron chi connectivity index (χ1n) is 37.4. The number of fused-ring (bicyclic) bond motifs is 14. The van der Waals surface area contributed by atoms with Crippen LogP contribution in [0.4, 0.5) is 0 Å². The molecule has 14 nitrogen and oxygen atoms in total. The van der Waals surface area contributed by atoms with Gasteiger partial charge in [-0.1, -0.05) is 212 Å². The van der Waals surface area contributed by atoms with Crippen molar-refractivity contribution in [2.45, 2.75) is 91.2 Å². The molecule has 0 amide bonds. The monoisotopic (exact) mass is 1620 g/mol. The normalized spacial score (nSPS) is 11.9. The van der Waals surface area contributed by atoms with Gasteiger partial charge < -0.3 is 68.9 Å². The van der Waals surface area contributed by atoms with E-state index in [9.17, 15) is 35.7 Å². The maximum absolute atomic E-state index is 13.0. The van der Waals surface area contributed by atoms with Gasteiger partial charge in [0.2, 0.25) is 0 Å². The largest absolute Gasteiger partial charge is 1.00 e. The number of benzene rings is 14. The van der Waals surface area contributed by atoms with Crippen LogP contribution in [0.1, 0.15) is 117 Å². The maximum atomic E-state index is 13.0. The molecule has 7 N–H and O–H groups in total. The van der Waals surface area contributed by atoms with Gasteiger partial charge in [0, 0.05) is 123 Å². The summed E-state index contributed by atoms with van der Waals surface area (Å²) in [5, 5.41) is 90.9. The van der Waals surface area contributed by atoms with Crippen molar-refractivity contribution in [3.05, 3.63) is 414 Å². The molecule has 113 heavy (non-hydrogen) atoms. The van der Waals surface area contributed by atoms with Crippen molar-refractivity contribution in [3.63, 3.8) is 0 Å². The van der Waals surface area contributed by atoms with Gasteiger partial charge in [0.25, 0.3) is 0 Å². The Labute approximate surface area is 716 Å². The topological polar surface area (TPSA) is 206 Å². The van der Waals surface area contributed by atoms with Crippen LogP contribution >= 0.6 is 0 Å². The number of aromatic hydroxyl groups is 7. The number of ether oxygens (including phenoxy) is 7. The van der Waals surface area contributed by atoms with E-state index < -0.39 is 0 Å². The van der Waals surface area contributed by atoms with Crippen LogP contribution in [-0.2, 0) is 91.2 Å².